The molecule has 2 N–H and O–H groups in total. The maximum atomic E-state index is 12.4. The lowest BCUT2D eigenvalue weighted by atomic mass is 10.1. The number of phosphoric ester groups is 1. The third-order valence-electron chi connectivity index (χ3n) is 7.79. The Hall–Kier alpha value is -3.29. The second-order valence-electron chi connectivity index (χ2n) is 12.9. The van der Waals surface area contributed by atoms with E-state index in [1.807, 2.05) is 18.2 Å². The summed E-state index contributed by atoms with van der Waals surface area (Å²) in [5, 5.41) is 0. The lowest BCUT2D eigenvalue weighted by Gasteiger charge is -2.18. The summed E-state index contributed by atoms with van der Waals surface area (Å²) < 4.78 is 26.2. The highest BCUT2D eigenvalue weighted by atomic mass is 31.2. The number of unbranched alkanes of at least 4 members (excludes halogenated alkanes) is 7. The predicted molar refractivity (Wildman–Crippen MR) is 225 cm³/mol. The maximum Gasteiger partial charge on any atom is 0.469 e. The van der Waals surface area contributed by atoms with E-state index >= 15 is 0 Å². The van der Waals surface area contributed by atoms with E-state index in [1.54, 1.807) is 0 Å². The van der Waals surface area contributed by atoms with Crippen molar-refractivity contribution in [2.75, 3.05) is 13.2 Å². The normalized spacial score (nSPS) is 13.6. The number of ether oxygens (including phenoxy) is 2. The van der Waals surface area contributed by atoms with Gasteiger partial charge in [0.2, 0.25) is 0 Å². The summed E-state index contributed by atoms with van der Waals surface area (Å²) in [4.78, 5) is 42.7. The Morgan fingerprint density at radius 1 is 0.500 bits per heavy atom. The van der Waals surface area contributed by atoms with Gasteiger partial charge in [0, 0.05) is 12.8 Å². The molecule has 0 amide bonds. The van der Waals surface area contributed by atoms with E-state index in [-0.39, 0.29) is 19.4 Å². The van der Waals surface area contributed by atoms with Crippen molar-refractivity contribution in [3.05, 3.63) is 109 Å². The highest BCUT2D eigenvalue weighted by molar-refractivity contribution is 7.46. The van der Waals surface area contributed by atoms with E-state index in [1.165, 1.54) is 38.5 Å². The molecule has 0 unspecified atom stereocenters. The van der Waals surface area contributed by atoms with E-state index in [0.29, 0.717) is 19.3 Å². The Morgan fingerprint density at radius 2 is 0.926 bits per heavy atom. The van der Waals surface area contributed by atoms with Gasteiger partial charge in [-0.15, -0.1) is 0 Å². The van der Waals surface area contributed by atoms with Crippen LogP contribution in [0.5, 0.6) is 0 Å². The molecule has 0 saturated heterocycles. The Kier molecular flexibility index (Phi) is 37.0. The molecule has 0 aromatic heterocycles. The Balaban J connectivity index is 4.18. The topological polar surface area (TPSA) is 119 Å². The molecule has 0 fully saturated rings. The zero-order valence-electron chi connectivity index (χ0n) is 33.3. The van der Waals surface area contributed by atoms with Gasteiger partial charge in [-0.25, -0.2) is 4.57 Å². The van der Waals surface area contributed by atoms with Crippen molar-refractivity contribution in [2.45, 2.75) is 148 Å². The Labute approximate surface area is 327 Å². The van der Waals surface area contributed by atoms with Gasteiger partial charge in [-0.2, -0.15) is 0 Å². The molecule has 0 aliphatic rings. The molecular formula is C45H71O8P. The van der Waals surface area contributed by atoms with Crippen LogP contribution in [0.15, 0.2) is 109 Å². The molecule has 0 radical (unpaired) electrons. The van der Waals surface area contributed by atoms with Crippen molar-refractivity contribution in [1.29, 1.82) is 0 Å². The van der Waals surface area contributed by atoms with Crippen molar-refractivity contribution in [2.24, 2.45) is 0 Å². The number of hydrogen-bond acceptors (Lipinski definition) is 6. The molecule has 9 heteroatoms. The van der Waals surface area contributed by atoms with Gasteiger partial charge in [0.1, 0.15) is 6.61 Å². The highest BCUT2D eigenvalue weighted by Crippen LogP contribution is 2.35. The fourth-order valence-corrected chi connectivity index (χ4v) is 5.19. The van der Waals surface area contributed by atoms with E-state index in [2.05, 4.69) is 110 Å². The predicted octanol–water partition coefficient (Wildman–Crippen LogP) is 12.4. The van der Waals surface area contributed by atoms with Crippen molar-refractivity contribution in [3.63, 3.8) is 0 Å². The summed E-state index contributed by atoms with van der Waals surface area (Å²) in [6.07, 6.45) is 55.4. The van der Waals surface area contributed by atoms with Gasteiger partial charge in [-0.1, -0.05) is 155 Å². The average Bonchev–Trinajstić information content (AvgIpc) is 3.14. The largest absolute Gasteiger partial charge is 0.469 e. The molecule has 0 aromatic carbocycles. The quantitative estimate of drug-likeness (QED) is 0.0283. The number of phosphoric acid groups is 1. The van der Waals surface area contributed by atoms with Crippen LogP contribution in [0.25, 0.3) is 0 Å². The van der Waals surface area contributed by atoms with Crippen LogP contribution in [0.2, 0.25) is 0 Å². The van der Waals surface area contributed by atoms with Gasteiger partial charge in [-0.3, -0.25) is 14.1 Å². The summed E-state index contributed by atoms with van der Waals surface area (Å²) in [7, 11) is -4.79. The maximum absolute atomic E-state index is 12.4. The fraction of sp³-hybridized carbons (Fsp3) is 0.556. The number of allylic oxidation sites excluding steroid dienone is 18. The number of carbonyl (C=O) groups excluding carboxylic acids is 2. The van der Waals surface area contributed by atoms with Gasteiger partial charge in [0.25, 0.3) is 0 Å². The first-order chi connectivity index (χ1) is 26.3. The molecule has 0 aromatic rings. The van der Waals surface area contributed by atoms with Gasteiger partial charge in [-0.05, 0) is 83.5 Å². The summed E-state index contributed by atoms with van der Waals surface area (Å²) in [6, 6.07) is 0. The van der Waals surface area contributed by atoms with Crippen LogP contribution in [0, 0.1) is 0 Å². The van der Waals surface area contributed by atoms with E-state index in [9.17, 15) is 14.2 Å². The Bertz CT molecular complexity index is 1230. The van der Waals surface area contributed by atoms with Crippen LogP contribution in [0.4, 0.5) is 0 Å². The molecule has 0 heterocycles. The molecule has 0 aliphatic heterocycles. The van der Waals surface area contributed by atoms with Crippen LogP contribution in [0.1, 0.15) is 142 Å². The number of rotatable bonds is 35. The number of esters is 2. The van der Waals surface area contributed by atoms with E-state index < -0.39 is 32.5 Å². The van der Waals surface area contributed by atoms with Crippen molar-refractivity contribution < 1.29 is 37.9 Å². The SMILES string of the molecule is CC/C=C/C/C=C/C/C=C/C/C=C/C/C=C/C/C=C/CCC(=O)OC[C@H](COP(=O)(O)O)OC(=O)CCC/C=C/C/C=C/C/C=C/CCCCCCCC. The van der Waals surface area contributed by atoms with Crippen LogP contribution in [0.3, 0.4) is 0 Å². The van der Waals surface area contributed by atoms with Crippen molar-refractivity contribution in [3.8, 4) is 0 Å². The zero-order chi connectivity index (χ0) is 39.6. The molecule has 0 rings (SSSR count). The molecule has 0 spiro atoms. The van der Waals surface area contributed by atoms with Crippen molar-refractivity contribution >= 4 is 19.8 Å². The lowest BCUT2D eigenvalue weighted by molar-refractivity contribution is -0.161. The summed E-state index contributed by atoms with van der Waals surface area (Å²) >= 11 is 0. The van der Waals surface area contributed by atoms with Gasteiger partial charge < -0.3 is 19.3 Å². The fourth-order valence-electron chi connectivity index (χ4n) is 4.82. The first-order valence-corrected chi connectivity index (χ1v) is 21.7. The molecular weight excluding hydrogens is 699 g/mol. The summed E-state index contributed by atoms with van der Waals surface area (Å²) in [5.74, 6) is -1.06. The molecule has 8 nitrogen and oxygen atoms in total. The molecule has 1 atom stereocenters. The second-order valence-corrected chi connectivity index (χ2v) is 14.1. The minimum Gasteiger partial charge on any atom is -0.462 e. The zero-order valence-corrected chi connectivity index (χ0v) is 34.2. The van der Waals surface area contributed by atoms with Crippen LogP contribution < -0.4 is 0 Å². The average molecular weight is 771 g/mol. The molecule has 54 heavy (non-hydrogen) atoms. The monoisotopic (exact) mass is 770 g/mol. The van der Waals surface area contributed by atoms with Gasteiger partial charge in [0.05, 0.1) is 6.61 Å². The third kappa shape index (κ3) is 41.5. The minimum absolute atomic E-state index is 0.118. The van der Waals surface area contributed by atoms with Crippen LogP contribution >= 0.6 is 7.82 Å². The van der Waals surface area contributed by atoms with E-state index in [0.717, 1.165) is 57.8 Å². The van der Waals surface area contributed by atoms with Crippen LogP contribution in [-0.2, 0) is 28.2 Å². The number of hydrogen-bond donors (Lipinski definition) is 2. The van der Waals surface area contributed by atoms with Crippen LogP contribution in [-0.4, -0.2) is 41.0 Å². The van der Waals surface area contributed by atoms with Gasteiger partial charge >= 0.3 is 19.8 Å². The molecule has 0 saturated carbocycles. The van der Waals surface area contributed by atoms with Crippen molar-refractivity contribution in [1.82, 2.24) is 0 Å². The smallest absolute Gasteiger partial charge is 0.462 e. The Morgan fingerprint density at radius 3 is 1.41 bits per heavy atom. The number of carbonyl (C=O) groups is 2. The molecule has 0 bridgehead atoms. The molecule has 304 valence electrons. The minimum atomic E-state index is -4.79. The summed E-state index contributed by atoms with van der Waals surface area (Å²) in [5.41, 5.74) is 0. The first-order valence-electron chi connectivity index (χ1n) is 20.2. The highest BCUT2D eigenvalue weighted by Gasteiger charge is 2.22. The van der Waals surface area contributed by atoms with E-state index in [4.69, 9.17) is 19.3 Å². The summed E-state index contributed by atoms with van der Waals surface area (Å²) in [6.45, 7) is 3.44. The molecule has 0 aliphatic carbocycles. The first kappa shape index (κ1) is 50.7. The second kappa shape index (κ2) is 39.4. The van der Waals surface area contributed by atoms with Gasteiger partial charge in [0.15, 0.2) is 6.10 Å². The standard InChI is InChI=1S/C45H71O8P/c1-3-5-7-9-11-13-15-17-19-21-22-24-25-27-29-31-33-35-37-39-44(46)51-41-43(42-52-54(48,49)50)53-45(47)40-38-36-34-32-30-28-26-23-20-18-16-14-12-10-8-6-4-2/h5,7,11,13,17-20,22,24,26-29,32-35,43H,3-4,6,8-10,12,14-16,21,23,25,30-31,36-42H2,1-2H3,(H2,48,49,50)/b7-5+,13-11+,19-17+,20-18+,24-22+,28-26+,29-27+,34-32+,35-33+/t43-/m1/s1. The lowest BCUT2D eigenvalue weighted by Crippen LogP contribution is -2.29. The third-order valence-corrected chi connectivity index (χ3v) is 8.27.